The van der Waals surface area contributed by atoms with Crippen LogP contribution in [-0.2, 0) is 17.8 Å². The van der Waals surface area contributed by atoms with Crippen LogP contribution in [0.3, 0.4) is 0 Å². The Morgan fingerprint density at radius 2 is 2.03 bits per heavy atom. The summed E-state index contributed by atoms with van der Waals surface area (Å²) in [7, 11) is 0. The molecule has 4 rings (SSSR count). The molecule has 1 aromatic carbocycles. The van der Waals surface area contributed by atoms with Gasteiger partial charge >= 0.3 is 0 Å². The summed E-state index contributed by atoms with van der Waals surface area (Å²) >= 11 is -2.39. The number of hydrogen-bond acceptors (Lipinski definition) is 7. The average molecular weight is 438 g/mol. The lowest BCUT2D eigenvalue weighted by Crippen LogP contribution is -2.21. The van der Waals surface area contributed by atoms with Crippen LogP contribution in [-0.4, -0.2) is 38.1 Å². The molecule has 1 N–H and O–H groups in total. The van der Waals surface area contributed by atoms with Crippen molar-refractivity contribution in [1.82, 2.24) is 34.0 Å². The van der Waals surface area contributed by atoms with E-state index in [-0.39, 0.29) is 18.1 Å². The van der Waals surface area contributed by atoms with E-state index in [2.05, 4.69) is 24.9 Å². The van der Waals surface area contributed by atoms with E-state index in [0.717, 1.165) is 5.56 Å². The van der Waals surface area contributed by atoms with Gasteiger partial charge in [0.05, 0.1) is 10.9 Å². The molecule has 10 nitrogen and oxygen atoms in total. The third-order valence-electron chi connectivity index (χ3n) is 4.94. The van der Waals surface area contributed by atoms with Crippen LogP contribution < -0.4 is 10.3 Å². The van der Waals surface area contributed by atoms with Crippen molar-refractivity contribution in [1.29, 1.82) is 0 Å². The molecule has 0 bridgehead atoms. The first-order chi connectivity index (χ1) is 14.8. The first-order valence-corrected chi connectivity index (χ1v) is 10.6. The molecule has 0 amide bonds. The van der Waals surface area contributed by atoms with Crippen molar-refractivity contribution in [3.05, 3.63) is 64.5 Å². The fourth-order valence-corrected chi connectivity index (χ4v) is 3.57. The average Bonchev–Trinajstić information content (AvgIpc) is 3.23. The minimum absolute atomic E-state index is 0.0881. The molecule has 0 saturated heterocycles. The predicted molar refractivity (Wildman–Crippen MR) is 115 cm³/mol. The standard InChI is InChI=1S/C20H21N7O3S/c1-12(2)26-11-22-25-19(26)16-5-4-6-18(24-16)27-10-21-17-7-13(3)14(9-23-31(29)30)8-15(17)20(27)28/h4-8,10-12,23H,9H2,1-3H3,(H,29,30)/p-1. The van der Waals surface area contributed by atoms with Gasteiger partial charge < -0.3 is 9.12 Å². The smallest absolute Gasteiger partial charge is 0.266 e. The fraction of sp³-hybridized carbons (Fsp3) is 0.250. The number of fused-ring (bicyclic) bond motifs is 1. The Morgan fingerprint density at radius 1 is 1.23 bits per heavy atom. The monoisotopic (exact) mass is 438 g/mol. The number of aromatic nitrogens is 6. The molecule has 0 aliphatic carbocycles. The lowest BCUT2D eigenvalue weighted by molar-refractivity contribution is 0.522. The lowest BCUT2D eigenvalue weighted by atomic mass is 10.1. The summed E-state index contributed by atoms with van der Waals surface area (Å²) in [5, 5.41) is 8.51. The Labute approximate surface area is 180 Å². The van der Waals surface area contributed by atoms with Gasteiger partial charge in [0.1, 0.15) is 24.2 Å². The van der Waals surface area contributed by atoms with Crippen molar-refractivity contribution in [2.75, 3.05) is 0 Å². The van der Waals surface area contributed by atoms with E-state index >= 15 is 0 Å². The maximum absolute atomic E-state index is 13.2. The minimum Gasteiger partial charge on any atom is -0.760 e. The molecule has 0 aliphatic rings. The summed E-state index contributed by atoms with van der Waals surface area (Å²) in [6.07, 6.45) is 3.08. The molecule has 0 aliphatic heterocycles. The van der Waals surface area contributed by atoms with E-state index in [1.54, 1.807) is 30.6 Å². The summed E-state index contributed by atoms with van der Waals surface area (Å²) < 4.78 is 27.3. The number of rotatable bonds is 6. The zero-order valence-electron chi connectivity index (χ0n) is 17.1. The fourth-order valence-electron chi connectivity index (χ4n) is 3.29. The molecule has 1 atom stereocenters. The number of benzene rings is 1. The van der Waals surface area contributed by atoms with Gasteiger partial charge in [0.25, 0.3) is 5.56 Å². The maximum Gasteiger partial charge on any atom is 0.266 e. The van der Waals surface area contributed by atoms with Gasteiger partial charge in [0.15, 0.2) is 5.82 Å². The van der Waals surface area contributed by atoms with Crippen LogP contribution in [0.25, 0.3) is 28.2 Å². The molecule has 11 heteroatoms. The first kappa shape index (κ1) is 21.0. The van der Waals surface area contributed by atoms with Crippen molar-refractivity contribution in [3.63, 3.8) is 0 Å². The van der Waals surface area contributed by atoms with E-state index in [1.807, 2.05) is 31.4 Å². The number of hydrogen-bond donors (Lipinski definition) is 1. The summed E-state index contributed by atoms with van der Waals surface area (Å²) in [4.78, 5) is 22.2. The van der Waals surface area contributed by atoms with Crippen molar-refractivity contribution >= 4 is 22.2 Å². The van der Waals surface area contributed by atoms with Crippen LogP contribution >= 0.6 is 0 Å². The van der Waals surface area contributed by atoms with E-state index in [9.17, 15) is 13.6 Å². The lowest BCUT2D eigenvalue weighted by Gasteiger charge is -2.12. The van der Waals surface area contributed by atoms with Gasteiger partial charge in [-0.3, -0.25) is 13.6 Å². The molecule has 3 heterocycles. The van der Waals surface area contributed by atoms with Gasteiger partial charge in [0.2, 0.25) is 0 Å². The van der Waals surface area contributed by atoms with Crippen LogP contribution in [0, 0.1) is 6.92 Å². The Kier molecular flexibility index (Phi) is 5.72. The van der Waals surface area contributed by atoms with Crippen LogP contribution in [0.4, 0.5) is 0 Å². The number of nitrogens with one attached hydrogen (secondary N) is 1. The molecule has 0 fully saturated rings. The molecule has 1 unspecified atom stereocenters. The summed E-state index contributed by atoms with van der Waals surface area (Å²) in [5.74, 6) is 1.00. The zero-order valence-corrected chi connectivity index (χ0v) is 18.0. The third-order valence-corrected chi connectivity index (χ3v) is 5.32. The maximum atomic E-state index is 13.2. The molecule has 3 aromatic heterocycles. The highest BCUT2D eigenvalue weighted by Crippen LogP contribution is 2.20. The molecule has 31 heavy (non-hydrogen) atoms. The van der Waals surface area contributed by atoms with E-state index in [0.29, 0.717) is 33.8 Å². The Morgan fingerprint density at radius 3 is 2.77 bits per heavy atom. The normalized spacial score (nSPS) is 12.5. The van der Waals surface area contributed by atoms with Gasteiger partial charge in [0, 0.05) is 23.9 Å². The van der Waals surface area contributed by atoms with Crippen molar-refractivity contribution in [3.8, 4) is 17.3 Å². The molecule has 4 aromatic rings. The second-order valence-corrected chi connectivity index (χ2v) is 8.07. The van der Waals surface area contributed by atoms with Gasteiger partial charge in [-0.2, -0.15) is 0 Å². The van der Waals surface area contributed by atoms with Crippen molar-refractivity contribution in [2.45, 2.75) is 33.4 Å². The molecule has 0 radical (unpaired) electrons. The highest BCUT2D eigenvalue weighted by atomic mass is 32.2. The topological polar surface area (TPSA) is 131 Å². The van der Waals surface area contributed by atoms with Crippen LogP contribution in [0.2, 0.25) is 0 Å². The van der Waals surface area contributed by atoms with Crippen LogP contribution in [0.5, 0.6) is 0 Å². The minimum atomic E-state index is -2.39. The quantitative estimate of drug-likeness (QED) is 0.454. The summed E-state index contributed by atoms with van der Waals surface area (Å²) in [6.45, 7) is 5.97. The summed E-state index contributed by atoms with van der Waals surface area (Å²) in [6, 6.07) is 8.89. The Bertz CT molecular complexity index is 1350. The second kappa shape index (κ2) is 8.46. The zero-order chi connectivity index (χ0) is 22.1. The molecule has 0 saturated carbocycles. The SMILES string of the molecule is Cc1cc2ncn(-c3cccc(-c4nncn4C(C)C)n3)c(=O)c2cc1CNS(=O)[O-]. The molecular formula is C20H20N7O3S-. The van der Waals surface area contributed by atoms with E-state index < -0.39 is 11.3 Å². The number of aryl methyl sites for hydroxylation is 1. The van der Waals surface area contributed by atoms with Gasteiger partial charge in [-0.1, -0.05) is 6.07 Å². The molecule has 160 valence electrons. The highest BCUT2D eigenvalue weighted by Gasteiger charge is 2.14. The van der Waals surface area contributed by atoms with Crippen LogP contribution in [0.1, 0.15) is 31.0 Å². The Balaban J connectivity index is 1.80. The van der Waals surface area contributed by atoms with E-state index in [1.165, 1.54) is 10.9 Å². The van der Waals surface area contributed by atoms with Crippen molar-refractivity contribution < 1.29 is 8.76 Å². The number of pyridine rings is 1. The number of nitrogens with zero attached hydrogens (tertiary/aromatic N) is 6. The molecular weight excluding hydrogens is 418 g/mol. The predicted octanol–water partition coefficient (Wildman–Crippen LogP) is 1.81. The summed E-state index contributed by atoms with van der Waals surface area (Å²) in [5.41, 5.74) is 2.34. The van der Waals surface area contributed by atoms with Crippen molar-refractivity contribution in [2.24, 2.45) is 0 Å². The van der Waals surface area contributed by atoms with Gasteiger partial charge in [-0.15, -0.1) is 10.2 Å². The second-order valence-electron chi connectivity index (χ2n) is 7.31. The first-order valence-electron chi connectivity index (χ1n) is 9.56. The third kappa shape index (κ3) is 4.15. The molecule has 0 spiro atoms. The van der Waals surface area contributed by atoms with E-state index in [4.69, 9.17) is 0 Å². The van der Waals surface area contributed by atoms with Crippen LogP contribution in [0.15, 0.2) is 47.8 Å². The largest absolute Gasteiger partial charge is 0.760 e. The van der Waals surface area contributed by atoms with Gasteiger partial charge in [-0.05, 0) is 56.2 Å². The highest BCUT2D eigenvalue weighted by molar-refractivity contribution is 7.77. The van der Waals surface area contributed by atoms with Gasteiger partial charge in [-0.25, -0.2) is 14.7 Å². The Hall–Kier alpha value is -3.28.